The van der Waals surface area contributed by atoms with Gasteiger partial charge in [-0.05, 0) is 35.1 Å². The summed E-state index contributed by atoms with van der Waals surface area (Å²) in [5, 5.41) is 7.06. The molecule has 2 heterocycles. The van der Waals surface area contributed by atoms with Gasteiger partial charge >= 0.3 is 0 Å². The van der Waals surface area contributed by atoms with Crippen LogP contribution >= 0.6 is 15.9 Å². The van der Waals surface area contributed by atoms with Crippen molar-refractivity contribution in [2.24, 2.45) is 0 Å². The van der Waals surface area contributed by atoms with E-state index in [4.69, 9.17) is 9.26 Å². The minimum absolute atomic E-state index is 0.149. The Bertz CT molecular complexity index is 515. The van der Waals surface area contributed by atoms with Crippen LogP contribution in [0.25, 0.3) is 11.5 Å². The number of aromatic nitrogens is 3. The second kappa shape index (κ2) is 6.74. The second-order valence-electron chi connectivity index (χ2n) is 4.02. The average molecular weight is 327 g/mol. The maximum atomic E-state index is 5.22. The molecular formula is C12H15BrN4O2. The molecule has 6 nitrogen and oxygen atoms in total. The molecule has 1 unspecified atom stereocenters. The van der Waals surface area contributed by atoms with Gasteiger partial charge in [0.25, 0.3) is 0 Å². The topological polar surface area (TPSA) is 73.1 Å². The molecule has 19 heavy (non-hydrogen) atoms. The van der Waals surface area contributed by atoms with E-state index in [-0.39, 0.29) is 6.04 Å². The van der Waals surface area contributed by atoms with Crippen LogP contribution in [0.3, 0.4) is 0 Å². The Morgan fingerprint density at radius 2 is 2.32 bits per heavy atom. The Balaban J connectivity index is 2.08. The van der Waals surface area contributed by atoms with Gasteiger partial charge in [-0.15, -0.1) is 0 Å². The number of methoxy groups -OCH3 is 1. The maximum absolute atomic E-state index is 5.22. The fraction of sp³-hybridized carbons (Fsp3) is 0.417. The number of nitrogens with zero attached hydrogens (tertiary/aromatic N) is 3. The molecule has 2 aromatic heterocycles. The number of halogens is 1. The van der Waals surface area contributed by atoms with E-state index < -0.39 is 0 Å². The lowest BCUT2D eigenvalue weighted by Gasteiger charge is -2.11. The monoisotopic (exact) mass is 326 g/mol. The number of likely N-dealkylation sites (N-methyl/N-ethyl adjacent to an activating group) is 1. The summed E-state index contributed by atoms with van der Waals surface area (Å²) in [6.07, 6.45) is 2.32. The third-order valence-electron chi connectivity index (χ3n) is 2.62. The molecule has 0 fully saturated rings. The number of hydrogen-bond acceptors (Lipinski definition) is 6. The van der Waals surface area contributed by atoms with E-state index in [1.54, 1.807) is 13.3 Å². The molecule has 7 heteroatoms. The van der Waals surface area contributed by atoms with Crippen LogP contribution < -0.4 is 5.32 Å². The van der Waals surface area contributed by atoms with Crippen LogP contribution in [0.4, 0.5) is 0 Å². The molecule has 1 N–H and O–H groups in total. The van der Waals surface area contributed by atoms with Crippen LogP contribution in [0, 0.1) is 0 Å². The number of hydrogen-bond donors (Lipinski definition) is 1. The zero-order valence-corrected chi connectivity index (χ0v) is 12.3. The fourth-order valence-electron chi connectivity index (χ4n) is 1.61. The highest BCUT2D eigenvalue weighted by Crippen LogP contribution is 2.16. The van der Waals surface area contributed by atoms with Crippen molar-refractivity contribution < 1.29 is 9.26 Å². The number of pyridine rings is 1. The van der Waals surface area contributed by atoms with Gasteiger partial charge in [-0.3, -0.25) is 4.98 Å². The summed E-state index contributed by atoms with van der Waals surface area (Å²) in [4.78, 5) is 8.55. The number of rotatable bonds is 6. The van der Waals surface area contributed by atoms with Crippen LogP contribution in [0.15, 0.2) is 27.3 Å². The van der Waals surface area contributed by atoms with Gasteiger partial charge in [0.15, 0.2) is 0 Å². The molecule has 0 spiro atoms. The summed E-state index contributed by atoms with van der Waals surface area (Å²) >= 11 is 3.33. The Morgan fingerprint density at radius 1 is 1.47 bits per heavy atom. The molecule has 0 bridgehead atoms. The number of nitrogens with one attached hydrogen (secondary N) is 1. The lowest BCUT2D eigenvalue weighted by atomic mass is 10.2. The molecule has 0 aliphatic carbocycles. The van der Waals surface area contributed by atoms with Gasteiger partial charge < -0.3 is 14.6 Å². The van der Waals surface area contributed by atoms with Gasteiger partial charge in [0.1, 0.15) is 5.69 Å². The fourth-order valence-corrected chi connectivity index (χ4v) is 1.84. The van der Waals surface area contributed by atoms with Gasteiger partial charge in [0.2, 0.25) is 11.7 Å². The van der Waals surface area contributed by atoms with Crippen LogP contribution in [0.2, 0.25) is 0 Å². The third-order valence-corrected chi connectivity index (χ3v) is 3.09. The first-order valence-electron chi connectivity index (χ1n) is 5.83. The zero-order valence-electron chi connectivity index (χ0n) is 10.8. The standard InChI is InChI=1S/C12H15BrN4O2/c1-14-9(7-18-2)5-11-16-12(17-19-11)10-4-3-8(13)6-15-10/h3-4,6,9,14H,5,7H2,1-2H3. The zero-order chi connectivity index (χ0) is 13.7. The molecule has 102 valence electrons. The Morgan fingerprint density at radius 3 is 2.95 bits per heavy atom. The SMILES string of the molecule is CNC(COC)Cc1nc(-c2ccc(Br)cn2)no1. The van der Waals surface area contributed by atoms with E-state index in [1.807, 2.05) is 19.2 Å². The Labute approximate surface area is 119 Å². The van der Waals surface area contributed by atoms with E-state index in [9.17, 15) is 0 Å². The Hall–Kier alpha value is -1.31. The van der Waals surface area contributed by atoms with Gasteiger partial charge in [-0.25, -0.2) is 0 Å². The maximum Gasteiger partial charge on any atom is 0.228 e. The Kier molecular flexibility index (Phi) is 5.00. The second-order valence-corrected chi connectivity index (χ2v) is 4.93. The quantitative estimate of drug-likeness (QED) is 0.870. The number of ether oxygens (including phenoxy) is 1. The van der Waals surface area contributed by atoms with Crippen molar-refractivity contribution >= 4 is 15.9 Å². The van der Waals surface area contributed by atoms with E-state index in [1.165, 1.54) is 0 Å². The predicted molar refractivity (Wildman–Crippen MR) is 73.7 cm³/mol. The minimum atomic E-state index is 0.149. The van der Waals surface area contributed by atoms with E-state index in [0.29, 0.717) is 30.4 Å². The highest BCUT2D eigenvalue weighted by Gasteiger charge is 2.14. The lowest BCUT2D eigenvalue weighted by Crippen LogP contribution is -2.32. The largest absolute Gasteiger partial charge is 0.383 e. The summed E-state index contributed by atoms with van der Waals surface area (Å²) in [5.74, 6) is 1.06. The van der Waals surface area contributed by atoms with Crippen molar-refractivity contribution in [3.63, 3.8) is 0 Å². The lowest BCUT2D eigenvalue weighted by molar-refractivity contribution is 0.165. The van der Waals surface area contributed by atoms with Crippen LogP contribution in [0.1, 0.15) is 5.89 Å². The molecule has 2 aromatic rings. The van der Waals surface area contributed by atoms with E-state index >= 15 is 0 Å². The van der Waals surface area contributed by atoms with Crippen molar-refractivity contribution in [3.8, 4) is 11.5 Å². The van der Waals surface area contributed by atoms with Crippen LogP contribution in [-0.4, -0.2) is 41.9 Å². The van der Waals surface area contributed by atoms with Crippen molar-refractivity contribution in [1.29, 1.82) is 0 Å². The van der Waals surface area contributed by atoms with E-state index in [2.05, 4.69) is 36.4 Å². The normalized spacial score (nSPS) is 12.6. The summed E-state index contributed by atoms with van der Waals surface area (Å²) in [5.41, 5.74) is 0.686. The van der Waals surface area contributed by atoms with Crippen LogP contribution in [-0.2, 0) is 11.2 Å². The molecule has 0 saturated heterocycles. The smallest absolute Gasteiger partial charge is 0.228 e. The van der Waals surface area contributed by atoms with Crippen molar-refractivity contribution in [2.75, 3.05) is 20.8 Å². The van der Waals surface area contributed by atoms with Gasteiger partial charge in [0, 0.05) is 30.2 Å². The molecule has 2 rings (SSSR count). The molecule has 0 aliphatic heterocycles. The molecular weight excluding hydrogens is 312 g/mol. The van der Waals surface area contributed by atoms with Gasteiger partial charge in [0.05, 0.1) is 6.61 Å². The molecule has 0 aromatic carbocycles. The third kappa shape index (κ3) is 3.82. The first-order chi connectivity index (χ1) is 9.22. The molecule has 0 radical (unpaired) electrons. The summed E-state index contributed by atoms with van der Waals surface area (Å²) in [6.45, 7) is 0.588. The summed E-state index contributed by atoms with van der Waals surface area (Å²) in [6, 6.07) is 3.87. The molecule has 0 amide bonds. The van der Waals surface area contributed by atoms with E-state index in [0.717, 1.165) is 4.47 Å². The predicted octanol–water partition coefficient (Wildman–Crippen LogP) is 1.67. The first kappa shape index (κ1) is 14.1. The molecule has 0 aliphatic rings. The summed E-state index contributed by atoms with van der Waals surface area (Å²) < 4.78 is 11.2. The minimum Gasteiger partial charge on any atom is -0.383 e. The van der Waals surface area contributed by atoms with Crippen molar-refractivity contribution in [2.45, 2.75) is 12.5 Å². The van der Waals surface area contributed by atoms with Gasteiger partial charge in [-0.1, -0.05) is 5.16 Å². The summed E-state index contributed by atoms with van der Waals surface area (Å²) in [7, 11) is 3.53. The van der Waals surface area contributed by atoms with Gasteiger partial charge in [-0.2, -0.15) is 4.98 Å². The van der Waals surface area contributed by atoms with Crippen LogP contribution in [0.5, 0.6) is 0 Å². The van der Waals surface area contributed by atoms with Crippen molar-refractivity contribution in [1.82, 2.24) is 20.4 Å². The van der Waals surface area contributed by atoms with Crippen molar-refractivity contribution in [3.05, 3.63) is 28.7 Å². The molecule has 0 saturated carbocycles. The highest BCUT2D eigenvalue weighted by molar-refractivity contribution is 9.10. The average Bonchev–Trinajstić information content (AvgIpc) is 2.87. The highest BCUT2D eigenvalue weighted by atomic mass is 79.9. The molecule has 1 atom stereocenters. The first-order valence-corrected chi connectivity index (χ1v) is 6.63.